The van der Waals surface area contributed by atoms with Crippen LogP contribution in [0.2, 0.25) is 0 Å². The molecule has 0 aliphatic heterocycles. The lowest BCUT2D eigenvalue weighted by Crippen LogP contribution is -2.33. The van der Waals surface area contributed by atoms with Gasteiger partial charge in [0.05, 0.1) is 6.54 Å². The predicted octanol–water partition coefficient (Wildman–Crippen LogP) is 2.47. The molecule has 0 bridgehead atoms. The lowest BCUT2D eigenvalue weighted by Gasteiger charge is -2.07. The summed E-state index contributed by atoms with van der Waals surface area (Å²) in [4.78, 5) is 20.2. The second-order valence-corrected chi connectivity index (χ2v) is 5.70. The Morgan fingerprint density at radius 3 is 2.88 bits per heavy atom. The number of nitrogens with one attached hydrogen (secondary N) is 2. The van der Waals surface area contributed by atoms with Crippen molar-refractivity contribution in [3.8, 4) is 0 Å². The number of carbonyl (C=O) groups is 1. The van der Waals surface area contributed by atoms with Gasteiger partial charge in [0.15, 0.2) is 5.96 Å². The van der Waals surface area contributed by atoms with Crippen LogP contribution in [0.1, 0.15) is 31.0 Å². The van der Waals surface area contributed by atoms with Gasteiger partial charge in [-0.1, -0.05) is 25.1 Å². The van der Waals surface area contributed by atoms with Crippen molar-refractivity contribution in [2.75, 3.05) is 11.9 Å². The molecule has 2 rings (SSSR count). The Balaban J connectivity index is 1.80. The van der Waals surface area contributed by atoms with E-state index in [1.54, 1.807) is 6.20 Å². The molecule has 0 saturated heterocycles. The number of nitrogens with zero attached hydrogens (tertiary/aromatic N) is 2. The number of nitrogens with two attached hydrogens (primary N) is 1. The lowest BCUT2D eigenvalue weighted by atomic mass is 10.2. The van der Waals surface area contributed by atoms with Crippen LogP contribution in [0.4, 0.5) is 5.69 Å². The summed E-state index contributed by atoms with van der Waals surface area (Å²) >= 11 is 0. The molecule has 0 spiro atoms. The molecule has 4 N–H and O–H groups in total. The summed E-state index contributed by atoms with van der Waals surface area (Å²) in [6.45, 7) is 3.12. The number of pyridine rings is 1. The normalized spacial score (nSPS) is 11.2. The van der Waals surface area contributed by atoms with Crippen LogP contribution in [0, 0.1) is 0 Å². The van der Waals surface area contributed by atoms with Gasteiger partial charge in [-0.15, -0.1) is 0 Å². The van der Waals surface area contributed by atoms with Gasteiger partial charge in [0.1, 0.15) is 0 Å². The maximum atomic E-state index is 11.7. The van der Waals surface area contributed by atoms with Crippen LogP contribution in [-0.4, -0.2) is 23.4 Å². The zero-order valence-corrected chi connectivity index (χ0v) is 14.5. The number of aliphatic imine (C=N–C) groups is 1. The van der Waals surface area contributed by atoms with Gasteiger partial charge >= 0.3 is 0 Å². The quantitative estimate of drug-likeness (QED) is 0.509. The third-order valence-corrected chi connectivity index (χ3v) is 3.53. The molecule has 6 heteroatoms. The third-order valence-electron chi connectivity index (χ3n) is 3.53. The Bertz CT molecular complexity index is 700. The first kappa shape index (κ1) is 18.4. The fraction of sp³-hybridized carbons (Fsp3) is 0.316. The molecular formula is C19H25N5O. The molecule has 0 radical (unpaired) electrons. The second kappa shape index (κ2) is 10.1. The summed E-state index contributed by atoms with van der Waals surface area (Å²) in [7, 11) is 0. The number of rotatable bonds is 8. The zero-order chi connectivity index (χ0) is 17.9. The number of hydrogen-bond donors (Lipinski definition) is 3. The van der Waals surface area contributed by atoms with Crippen LogP contribution < -0.4 is 16.4 Å². The van der Waals surface area contributed by atoms with Crippen molar-refractivity contribution in [2.24, 2.45) is 10.7 Å². The minimum absolute atomic E-state index is 0.0267. The van der Waals surface area contributed by atoms with Crippen molar-refractivity contribution in [3.05, 3.63) is 59.9 Å². The number of hydrogen-bond acceptors (Lipinski definition) is 3. The van der Waals surface area contributed by atoms with Crippen molar-refractivity contribution in [2.45, 2.75) is 32.7 Å². The van der Waals surface area contributed by atoms with Gasteiger partial charge in [-0.2, -0.15) is 0 Å². The molecule has 0 aliphatic rings. The molecule has 1 aromatic heterocycles. The number of carbonyl (C=O) groups excluding carboxylic acids is 1. The molecule has 0 aliphatic carbocycles. The summed E-state index contributed by atoms with van der Waals surface area (Å²) < 4.78 is 0. The van der Waals surface area contributed by atoms with E-state index in [-0.39, 0.29) is 5.91 Å². The molecule has 0 fully saturated rings. The molecule has 6 nitrogen and oxygen atoms in total. The van der Waals surface area contributed by atoms with Crippen LogP contribution in [0.25, 0.3) is 0 Å². The van der Waals surface area contributed by atoms with E-state index in [0.717, 1.165) is 29.8 Å². The first-order valence-electron chi connectivity index (χ1n) is 8.50. The molecular weight excluding hydrogens is 314 g/mol. The Morgan fingerprint density at radius 1 is 1.24 bits per heavy atom. The van der Waals surface area contributed by atoms with E-state index in [2.05, 4.69) is 20.6 Å². The van der Waals surface area contributed by atoms with E-state index in [4.69, 9.17) is 5.73 Å². The molecule has 0 atom stereocenters. The maximum absolute atomic E-state index is 11.7. The van der Waals surface area contributed by atoms with E-state index >= 15 is 0 Å². The van der Waals surface area contributed by atoms with Crippen LogP contribution >= 0.6 is 0 Å². The van der Waals surface area contributed by atoms with Gasteiger partial charge in [-0.25, -0.2) is 4.99 Å². The molecule has 132 valence electrons. The van der Waals surface area contributed by atoms with Gasteiger partial charge in [-0.05, 0) is 36.2 Å². The number of benzene rings is 1. The van der Waals surface area contributed by atoms with Crippen LogP contribution in [0.3, 0.4) is 0 Å². The molecule has 1 amide bonds. The number of anilines is 1. The fourth-order valence-electron chi connectivity index (χ4n) is 2.29. The molecule has 1 heterocycles. The topological polar surface area (TPSA) is 92.4 Å². The summed E-state index contributed by atoms with van der Waals surface area (Å²) in [5.74, 6) is 0.426. The molecule has 0 unspecified atom stereocenters. The molecule has 0 saturated carbocycles. The minimum atomic E-state index is 0.0267. The Labute approximate surface area is 148 Å². The highest BCUT2D eigenvalue weighted by Gasteiger charge is 2.02. The third kappa shape index (κ3) is 7.03. The first-order chi connectivity index (χ1) is 12.2. The van der Waals surface area contributed by atoms with E-state index < -0.39 is 0 Å². The zero-order valence-electron chi connectivity index (χ0n) is 14.5. The van der Waals surface area contributed by atoms with E-state index in [1.807, 2.05) is 49.4 Å². The highest BCUT2D eigenvalue weighted by molar-refractivity contribution is 5.90. The van der Waals surface area contributed by atoms with Gasteiger partial charge in [0, 0.05) is 37.0 Å². The molecule has 25 heavy (non-hydrogen) atoms. The van der Waals surface area contributed by atoms with Crippen molar-refractivity contribution in [1.29, 1.82) is 0 Å². The van der Waals surface area contributed by atoms with E-state index in [0.29, 0.717) is 25.5 Å². The Hall–Kier alpha value is -2.89. The maximum Gasteiger partial charge on any atom is 0.224 e. The van der Waals surface area contributed by atoms with Gasteiger partial charge in [0.2, 0.25) is 5.91 Å². The second-order valence-electron chi connectivity index (χ2n) is 5.70. The lowest BCUT2D eigenvalue weighted by molar-refractivity contribution is -0.116. The molecule has 2 aromatic rings. The van der Waals surface area contributed by atoms with Gasteiger partial charge in [-0.3, -0.25) is 9.78 Å². The average molecular weight is 339 g/mol. The largest absolute Gasteiger partial charge is 0.370 e. The van der Waals surface area contributed by atoms with E-state index in [1.165, 1.54) is 0 Å². The Kier molecular flexibility index (Phi) is 7.43. The highest BCUT2D eigenvalue weighted by Crippen LogP contribution is 2.12. The first-order valence-corrected chi connectivity index (χ1v) is 8.50. The smallest absolute Gasteiger partial charge is 0.224 e. The Morgan fingerprint density at radius 2 is 2.12 bits per heavy atom. The summed E-state index contributed by atoms with van der Waals surface area (Å²) in [6, 6.07) is 13.5. The van der Waals surface area contributed by atoms with E-state index in [9.17, 15) is 4.79 Å². The minimum Gasteiger partial charge on any atom is -0.370 e. The van der Waals surface area contributed by atoms with Crippen molar-refractivity contribution < 1.29 is 4.79 Å². The van der Waals surface area contributed by atoms with Crippen molar-refractivity contribution in [1.82, 2.24) is 10.3 Å². The monoisotopic (exact) mass is 339 g/mol. The number of aromatic nitrogens is 1. The number of guanidine groups is 1. The van der Waals surface area contributed by atoms with Crippen LogP contribution in [0.15, 0.2) is 53.7 Å². The summed E-state index contributed by atoms with van der Waals surface area (Å²) in [6.07, 6.45) is 3.92. The standard InChI is InChI=1S/C19H25N5O/c1-2-6-18(25)24-17-9-5-7-15(13-17)14-23-19(20)22-12-10-16-8-3-4-11-21-16/h3-5,7-9,11,13H,2,6,10,12,14H2,1H3,(H,24,25)(H3,20,22,23). The average Bonchev–Trinajstić information content (AvgIpc) is 2.61. The fourth-order valence-corrected chi connectivity index (χ4v) is 2.29. The SMILES string of the molecule is CCCC(=O)Nc1cccc(CN=C(N)NCCc2ccccn2)c1. The van der Waals surface area contributed by atoms with Crippen molar-refractivity contribution >= 4 is 17.6 Å². The van der Waals surface area contributed by atoms with Gasteiger partial charge < -0.3 is 16.4 Å². The van der Waals surface area contributed by atoms with Crippen LogP contribution in [0.5, 0.6) is 0 Å². The number of amides is 1. The predicted molar refractivity (Wildman–Crippen MR) is 101 cm³/mol. The molecule has 1 aromatic carbocycles. The van der Waals surface area contributed by atoms with Crippen LogP contribution in [-0.2, 0) is 17.8 Å². The summed E-state index contributed by atoms with van der Waals surface area (Å²) in [5.41, 5.74) is 8.68. The summed E-state index contributed by atoms with van der Waals surface area (Å²) in [5, 5.41) is 5.97. The van der Waals surface area contributed by atoms with Crippen molar-refractivity contribution in [3.63, 3.8) is 0 Å². The van der Waals surface area contributed by atoms with Gasteiger partial charge in [0.25, 0.3) is 0 Å². The highest BCUT2D eigenvalue weighted by atomic mass is 16.1.